The fraction of sp³-hybridized carbons (Fsp3) is 0.619. The van der Waals surface area contributed by atoms with E-state index >= 15 is 0 Å². The van der Waals surface area contributed by atoms with E-state index in [9.17, 15) is 18.0 Å². The van der Waals surface area contributed by atoms with Gasteiger partial charge in [0, 0.05) is 24.9 Å². The highest BCUT2D eigenvalue weighted by Gasteiger charge is 2.40. The number of halogens is 4. The van der Waals surface area contributed by atoms with Gasteiger partial charge in [0.15, 0.2) is 5.17 Å². The second-order valence-electron chi connectivity index (χ2n) is 7.84. The third-order valence-corrected chi connectivity index (χ3v) is 6.70. The molecule has 1 saturated carbocycles. The summed E-state index contributed by atoms with van der Waals surface area (Å²) in [5.74, 6) is -0.493. The van der Waals surface area contributed by atoms with Crippen LogP contribution in [0.2, 0.25) is 0 Å². The first kappa shape index (κ1) is 25.6. The zero-order valence-corrected chi connectivity index (χ0v) is 19.5. The minimum absolute atomic E-state index is 0. The summed E-state index contributed by atoms with van der Waals surface area (Å²) >= 11 is 1.64. The number of aliphatic imine (C=N–C) groups is 1. The number of ether oxygens (including phenoxy) is 1. The van der Waals surface area contributed by atoms with Gasteiger partial charge in [-0.25, -0.2) is 0 Å². The van der Waals surface area contributed by atoms with Crippen molar-refractivity contribution < 1.29 is 22.7 Å². The number of rotatable bonds is 4. The van der Waals surface area contributed by atoms with E-state index in [1.807, 2.05) is 18.9 Å². The molecule has 0 radical (unpaired) electrons. The van der Waals surface area contributed by atoms with E-state index in [0.717, 1.165) is 18.0 Å². The molecule has 1 aromatic carbocycles. The van der Waals surface area contributed by atoms with Crippen LogP contribution in [0.5, 0.6) is 5.75 Å². The molecule has 1 aromatic rings. The van der Waals surface area contributed by atoms with Crippen molar-refractivity contribution in [2.75, 3.05) is 11.9 Å². The van der Waals surface area contributed by atoms with Crippen molar-refractivity contribution in [2.24, 2.45) is 4.99 Å². The number of anilines is 1. The van der Waals surface area contributed by atoms with Gasteiger partial charge in [0.25, 0.3) is 0 Å². The number of hydrogen-bond donors (Lipinski definition) is 0. The van der Waals surface area contributed by atoms with Gasteiger partial charge in [0.1, 0.15) is 11.9 Å². The van der Waals surface area contributed by atoms with Crippen LogP contribution in [0.4, 0.5) is 18.9 Å². The predicted octanol–water partition coefficient (Wildman–Crippen LogP) is 5.83. The maximum absolute atomic E-state index is 12.5. The van der Waals surface area contributed by atoms with Crippen molar-refractivity contribution in [1.82, 2.24) is 4.90 Å². The van der Waals surface area contributed by atoms with Crippen LogP contribution in [0.1, 0.15) is 52.4 Å². The van der Waals surface area contributed by atoms with Crippen molar-refractivity contribution >= 4 is 40.9 Å². The van der Waals surface area contributed by atoms with Gasteiger partial charge in [-0.3, -0.25) is 14.7 Å². The molecule has 174 valence electrons. The SMILES string of the molecule is CC(=O)N(c1ccc(OC(F)(F)F)cc1)C1C(C)SC(=NC2CCCCCC2)N1C.Cl. The van der Waals surface area contributed by atoms with E-state index < -0.39 is 6.36 Å². The summed E-state index contributed by atoms with van der Waals surface area (Å²) in [5, 5.41) is 0.984. The first-order chi connectivity index (χ1) is 14.2. The first-order valence-electron chi connectivity index (χ1n) is 10.3. The topological polar surface area (TPSA) is 45.1 Å². The molecule has 0 spiro atoms. The van der Waals surface area contributed by atoms with Gasteiger partial charge in [-0.15, -0.1) is 25.6 Å². The smallest absolute Gasteiger partial charge is 0.406 e. The maximum Gasteiger partial charge on any atom is 0.573 e. The second kappa shape index (κ2) is 10.8. The third-order valence-electron chi connectivity index (χ3n) is 5.48. The van der Waals surface area contributed by atoms with Gasteiger partial charge >= 0.3 is 6.36 Å². The molecule has 3 rings (SSSR count). The Hall–Kier alpha value is -1.61. The highest BCUT2D eigenvalue weighted by atomic mass is 35.5. The number of nitrogens with zero attached hydrogens (tertiary/aromatic N) is 3. The quantitative estimate of drug-likeness (QED) is 0.509. The summed E-state index contributed by atoms with van der Waals surface area (Å²) < 4.78 is 41.2. The zero-order chi connectivity index (χ0) is 21.9. The lowest BCUT2D eigenvalue weighted by Crippen LogP contribution is -2.50. The monoisotopic (exact) mass is 479 g/mol. The molecule has 1 aliphatic heterocycles. The van der Waals surface area contributed by atoms with E-state index in [1.54, 1.807) is 16.7 Å². The molecule has 1 heterocycles. The lowest BCUT2D eigenvalue weighted by molar-refractivity contribution is -0.274. The van der Waals surface area contributed by atoms with Gasteiger partial charge < -0.3 is 9.64 Å². The second-order valence-corrected chi connectivity index (χ2v) is 9.18. The van der Waals surface area contributed by atoms with E-state index in [1.165, 1.54) is 56.9 Å². The van der Waals surface area contributed by atoms with Crippen LogP contribution in [0.3, 0.4) is 0 Å². The molecule has 1 amide bonds. The molecule has 0 aromatic heterocycles. The molecule has 1 saturated heterocycles. The fourth-order valence-electron chi connectivity index (χ4n) is 4.12. The van der Waals surface area contributed by atoms with Crippen molar-refractivity contribution in [3.63, 3.8) is 0 Å². The van der Waals surface area contributed by atoms with Gasteiger partial charge in [0.2, 0.25) is 5.91 Å². The number of hydrogen-bond acceptors (Lipinski definition) is 4. The molecular weight excluding hydrogens is 451 g/mol. The first-order valence-corrected chi connectivity index (χ1v) is 11.2. The van der Waals surface area contributed by atoms with Gasteiger partial charge in [0.05, 0.1) is 6.04 Å². The van der Waals surface area contributed by atoms with Crippen LogP contribution in [0.25, 0.3) is 0 Å². The summed E-state index contributed by atoms with van der Waals surface area (Å²) in [6, 6.07) is 5.73. The molecule has 31 heavy (non-hydrogen) atoms. The third kappa shape index (κ3) is 6.68. The minimum Gasteiger partial charge on any atom is -0.406 e. The summed E-state index contributed by atoms with van der Waals surface area (Å²) in [6.07, 6.45) is 2.07. The van der Waals surface area contributed by atoms with Crippen LogP contribution in [-0.4, -0.2) is 46.8 Å². The standard InChI is InChI=1S/C21H28F3N3O2S.ClH/c1-14-19(26(3)20(30-14)25-16-8-6-4-5-7-9-16)27(15(2)28)17-10-12-18(13-11-17)29-21(22,23)24;/h10-14,16,19H,4-9H2,1-3H3;1H. The zero-order valence-electron chi connectivity index (χ0n) is 17.9. The summed E-state index contributed by atoms with van der Waals surface area (Å²) in [6.45, 7) is 3.50. The number of amidine groups is 1. The van der Waals surface area contributed by atoms with Gasteiger partial charge in [-0.2, -0.15) is 0 Å². The van der Waals surface area contributed by atoms with Gasteiger partial charge in [-0.05, 0) is 44.0 Å². The Balaban J connectivity index is 0.00000341. The number of carbonyl (C=O) groups excluding carboxylic acids is 1. The van der Waals surface area contributed by atoms with E-state index in [-0.39, 0.29) is 35.5 Å². The molecule has 2 unspecified atom stereocenters. The molecule has 5 nitrogen and oxygen atoms in total. The molecule has 1 aliphatic carbocycles. The van der Waals surface area contributed by atoms with Crippen molar-refractivity contribution in [2.45, 2.75) is 76.2 Å². The van der Waals surface area contributed by atoms with Crippen LogP contribution in [0.15, 0.2) is 29.3 Å². The number of benzene rings is 1. The number of alkyl halides is 3. The average Bonchev–Trinajstić information content (AvgIpc) is 2.83. The molecule has 2 aliphatic rings. The largest absolute Gasteiger partial charge is 0.573 e. The Kier molecular flexibility index (Phi) is 8.94. The molecule has 2 atom stereocenters. The average molecular weight is 480 g/mol. The Labute approximate surface area is 191 Å². The fourth-order valence-corrected chi connectivity index (χ4v) is 5.36. The van der Waals surface area contributed by atoms with Crippen molar-refractivity contribution in [1.29, 1.82) is 0 Å². The summed E-state index contributed by atoms with van der Waals surface area (Å²) in [7, 11) is 1.92. The molecular formula is C21H29ClF3N3O2S. The Morgan fingerprint density at radius 1 is 1.16 bits per heavy atom. The lowest BCUT2D eigenvalue weighted by atomic mass is 10.1. The normalized spacial score (nSPS) is 23.9. The Morgan fingerprint density at radius 3 is 2.26 bits per heavy atom. The molecule has 10 heteroatoms. The number of amides is 1. The minimum atomic E-state index is -4.75. The number of carbonyl (C=O) groups is 1. The molecule has 0 bridgehead atoms. The van der Waals surface area contributed by atoms with Crippen LogP contribution >= 0.6 is 24.2 Å². The maximum atomic E-state index is 12.5. The highest BCUT2D eigenvalue weighted by Crippen LogP contribution is 2.36. The lowest BCUT2D eigenvalue weighted by Gasteiger charge is -2.35. The van der Waals surface area contributed by atoms with E-state index in [0.29, 0.717) is 11.7 Å². The molecule has 0 N–H and O–H groups in total. The molecule has 2 fully saturated rings. The Morgan fingerprint density at radius 2 is 1.74 bits per heavy atom. The van der Waals surface area contributed by atoms with Crippen molar-refractivity contribution in [3.8, 4) is 5.75 Å². The van der Waals surface area contributed by atoms with Crippen LogP contribution < -0.4 is 9.64 Å². The van der Waals surface area contributed by atoms with Crippen molar-refractivity contribution in [3.05, 3.63) is 24.3 Å². The van der Waals surface area contributed by atoms with E-state index in [4.69, 9.17) is 4.99 Å². The van der Waals surface area contributed by atoms with E-state index in [2.05, 4.69) is 4.74 Å². The predicted molar refractivity (Wildman–Crippen MR) is 121 cm³/mol. The Bertz CT molecular complexity index is 768. The highest BCUT2D eigenvalue weighted by molar-refractivity contribution is 8.14. The van der Waals surface area contributed by atoms with Crippen LogP contribution in [0, 0.1) is 0 Å². The van der Waals surface area contributed by atoms with Gasteiger partial charge in [-0.1, -0.05) is 37.4 Å². The summed E-state index contributed by atoms with van der Waals surface area (Å²) in [4.78, 5) is 21.1. The van der Waals surface area contributed by atoms with Crippen LogP contribution in [-0.2, 0) is 4.79 Å². The number of thioether (sulfide) groups is 1. The summed E-state index contributed by atoms with van der Waals surface area (Å²) in [5.41, 5.74) is 0.525.